The zero-order valence-electron chi connectivity index (χ0n) is 11.6. The molecule has 2 aromatic rings. The number of nitrogens with two attached hydrogens (primary N) is 1. The lowest BCUT2D eigenvalue weighted by molar-refractivity contribution is 0.481. The smallest absolute Gasteiger partial charge is 0.127 e. The molecule has 100 valence electrons. The molecule has 0 spiro atoms. The van der Waals surface area contributed by atoms with E-state index >= 15 is 0 Å². The van der Waals surface area contributed by atoms with E-state index < -0.39 is 0 Å². The van der Waals surface area contributed by atoms with E-state index in [9.17, 15) is 0 Å². The first kappa shape index (κ1) is 13.6. The summed E-state index contributed by atoms with van der Waals surface area (Å²) in [5, 5.41) is 0. The second kappa shape index (κ2) is 6.39. The van der Waals surface area contributed by atoms with Crippen LogP contribution in [-0.4, -0.2) is 0 Å². The molecule has 2 nitrogen and oxygen atoms in total. The Bertz CT molecular complexity index is 519. The van der Waals surface area contributed by atoms with Crippen LogP contribution >= 0.6 is 0 Å². The zero-order chi connectivity index (χ0) is 13.7. The number of rotatable bonds is 5. The molecule has 2 heteroatoms. The highest BCUT2D eigenvalue weighted by Gasteiger charge is 2.03. The van der Waals surface area contributed by atoms with Crippen molar-refractivity contribution in [1.82, 2.24) is 0 Å². The fourth-order valence-electron chi connectivity index (χ4n) is 1.98. The molecule has 0 radical (unpaired) electrons. The van der Waals surface area contributed by atoms with Gasteiger partial charge in [0.25, 0.3) is 0 Å². The van der Waals surface area contributed by atoms with E-state index in [1.807, 2.05) is 36.4 Å². The van der Waals surface area contributed by atoms with Crippen LogP contribution in [0.3, 0.4) is 0 Å². The van der Waals surface area contributed by atoms with Crippen LogP contribution in [0.25, 0.3) is 0 Å². The van der Waals surface area contributed by atoms with Crippen LogP contribution in [-0.2, 0) is 6.42 Å². The number of benzene rings is 2. The maximum atomic E-state index is 5.99. The highest BCUT2D eigenvalue weighted by Crippen LogP contribution is 2.24. The molecule has 0 aliphatic rings. The second-order valence-electron chi connectivity index (χ2n) is 4.69. The summed E-state index contributed by atoms with van der Waals surface area (Å²) in [6.45, 7) is 4.23. The van der Waals surface area contributed by atoms with Crippen molar-refractivity contribution in [3.05, 3.63) is 59.7 Å². The van der Waals surface area contributed by atoms with Crippen LogP contribution in [0, 0.1) is 0 Å². The van der Waals surface area contributed by atoms with Crippen molar-refractivity contribution in [1.29, 1.82) is 0 Å². The third kappa shape index (κ3) is 3.58. The van der Waals surface area contributed by atoms with Crippen LogP contribution < -0.4 is 10.5 Å². The molecule has 0 saturated heterocycles. The van der Waals surface area contributed by atoms with Crippen LogP contribution in [0.4, 0.5) is 0 Å². The van der Waals surface area contributed by atoms with E-state index in [1.54, 1.807) is 0 Å². The van der Waals surface area contributed by atoms with Crippen molar-refractivity contribution in [2.45, 2.75) is 32.7 Å². The van der Waals surface area contributed by atoms with Crippen molar-refractivity contribution < 1.29 is 4.74 Å². The van der Waals surface area contributed by atoms with E-state index in [-0.39, 0.29) is 6.04 Å². The van der Waals surface area contributed by atoms with Crippen molar-refractivity contribution in [2.75, 3.05) is 0 Å². The predicted molar refractivity (Wildman–Crippen MR) is 79.6 cm³/mol. The maximum absolute atomic E-state index is 5.99. The molecule has 1 atom stereocenters. The normalized spacial score (nSPS) is 12.2. The third-order valence-corrected chi connectivity index (χ3v) is 3.29. The number of hydrogen-bond donors (Lipinski definition) is 1. The topological polar surface area (TPSA) is 35.2 Å². The minimum Gasteiger partial charge on any atom is -0.457 e. The quantitative estimate of drug-likeness (QED) is 0.856. The highest BCUT2D eigenvalue weighted by atomic mass is 16.5. The molecule has 2 rings (SSSR count). The largest absolute Gasteiger partial charge is 0.457 e. The van der Waals surface area contributed by atoms with Crippen LogP contribution in [0.2, 0.25) is 0 Å². The Labute approximate surface area is 115 Å². The fraction of sp³-hybridized carbons (Fsp3) is 0.294. The molecule has 0 aromatic heterocycles. The van der Waals surface area contributed by atoms with Gasteiger partial charge in [0.15, 0.2) is 0 Å². The van der Waals surface area contributed by atoms with Gasteiger partial charge in [-0.3, -0.25) is 0 Å². The number of hydrogen-bond acceptors (Lipinski definition) is 2. The van der Waals surface area contributed by atoms with Gasteiger partial charge in [-0.25, -0.2) is 0 Å². The monoisotopic (exact) mass is 255 g/mol. The Morgan fingerprint density at radius 3 is 2.37 bits per heavy atom. The molecule has 0 saturated carbocycles. The van der Waals surface area contributed by atoms with Gasteiger partial charge in [0, 0.05) is 6.04 Å². The van der Waals surface area contributed by atoms with E-state index in [0.29, 0.717) is 0 Å². The SMILES string of the molecule is CCc1cccc(Oc2ccc([C@H](N)CC)cc2)c1. The van der Waals surface area contributed by atoms with Gasteiger partial charge in [-0.1, -0.05) is 38.1 Å². The summed E-state index contributed by atoms with van der Waals surface area (Å²) in [7, 11) is 0. The molecule has 19 heavy (non-hydrogen) atoms. The Morgan fingerprint density at radius 2 is 1.74 bits per heavy atom. The summed E-state index contributed by atoms with van der Waals surface area (Å²) in [5.74, 6) is 1.73. The number of ether oxygens (including phenoxy) is 1. The lowest BCUT2D eigenvalue weighted by Crippen LogP contribution is -2.07. The van der Waals surface area contributed by atoms with E-state index in [2.05, 4.69) is 26.0 Å². The summed E-state index contributed by atoms with van der Waals surface area (Å²) >= 11 is 0. The van der Waals surface area contributed by atoms with Gasteiger partial charge in [0.2, 0.25) is 0 Å². The molecule has 0 aliphatic heterocycles. The average Bonchev–Trinajstić information content (AvgIpc) is 2.47. The summed E-state index contributed by atoms with van der Waals surface area (Å²) in [5.41, 5.74) is 8.42. The van der Waals surface area contributed by atoms with Crippen LogP contribution in [0.5, 0.6) is 11.5 Å². The molecule has 2 aromatic carbocycles. The Hall–Kier alpha value is -1.80. The van der Waals surface area contributed by atoms with Gasteiger partial charge in [-0.15, -0.1) is 0 Å². The van der Waals surface area contributed by atoms with Crippen molar-refractivity contribution in [2.24, 2.45) is 5.73 Å². The Balaban J connectivity index is 2.10. The lowest BCUT2D eigenvalue weighted by atomic mass is 10.1. The first-order valence-electron chi connectivity index (χ1n) is 6.85. The second-order valence-corrected chi connectivity index (χ2v) is 4.69. The van der Waals surface area contributed by atoms with Gasteiger partial charge < -0.3 is 10.5 Å². The molecule has 0 bridgehead atoms. The van der Waals surface area contributed by atoms with Crippen LogP contribution in [0.15, 0.2) is 48.5 Å². The summed E-state index contributed by atoms with van der Waals surface area (Å²) in [6.07, 6.45) is 1.96. The van der Waals surface area contributed by atoms with Crippen molar-refractivity contribution >= 4 is 0 Å². The molecule has 0 unspecified atom stereocenters. The summed E-state index contributed by atoms with van der Waals surface area (Å²) in [4.78, 5) is 0. The zero-order valence-corrected chi connectivity index (χ0v) is 11.6. The van der Waals surface area contributed by atoms with E-state index in [0.717, 1.165) is 29.9 Å². The minimum atomic E-state index is 0.109. The molecule has 2 N–H and O–H groups in total. The molecule has 0 heterocycles. The standard InChI is InChI=1S/C17H21NO/c1-3-13-6-5-7-16(12-13)19-15-10-8-14(9-11-15)17(18)4-2/h5-12,17H,3-4,18H2,1-2H3/t17-/m1/s1. The van der Waals surface area contributed by atoms with Gasteiger partial charge in [-0.05, 0) is 48.2 Å². The predicted octanol–water partition coefficient (Wildman–Crippen LogP) is 4.45. The van der Waals surface area contributed by atoms with Crippen molar-refractivity contribution in [3.63, 3.8) is 0 Å². The fourth-order valence-corrected chi connectivity index (χ4v) is 1.98. The van der Waals surface area contributed by atoms with Gasteiger partial charge in [0.1, 0.15) is 11.5 Å². The lowest BCUT2D eigenvalue weighted by Gasteiger charge is -2.11. The van der Waals surface area contributed by atoms with Crippen LogP contribution in [0.1, 0.15) is 37.4 Å². The van der Waals surface area contributed by atoms with E-state index in [1.165, 1.54) is 5.56 Å². The van der Waals surface area contributed by atoms with Gasteiger partial charge in [0.05, 0.1) is 0 Å². The third-order valence-electron chi connectivity index (χ3n) is 3.29. The van der Waals surface area contributed by atoms with Gasteiger partial charge in [-0.2, -0.15) is 0 Å². The maximum Gasteiger partial charge on any atom is 0.127 e. The molecule has 0 fully saturated rings. The van der Waals surface area contributed by atoms with Gasteiger partial charge >= 0.3 is 0 Å². The molecule has 0 amide bonds. The van der Waals surface area contributed by atoms with Crippen molar-refractivity contribution in [3.8, 4) is 11.5 Å². The molecular weight excluding hydrogens is 234 g/mol. The minimum absolute atomic E-state index is 0.109. The number of aryl methyl sites for hydroxylation is 1. The summed E-state index contributed by atoms with van der Waals surface area (Å²) < 4.78 is 5.85. The average molecular weight is 255 g/mol. The Kier molecular flexibility index (Phi) is 4.58. The highest BCUT2D eigenvalue weighted by molar-refractivity contribution is 5.35. The molecule has 0 aliphatic carbocycles. The first-order chi connectivity index (χ1) is 9.22. The van der Waals surface area contributed by atoms with E-state index in [4.69, 9.17) is 10.5 Å². The Morgan fingerprint density at radius 1 is 1.00 bits per heavy atom. The molecular formula is C17H21NO. The first-order valence-corrected chi connectivity index (χ1v) is 6.85. The summed E-state index contributed by atoms with van der Waals surface area (Å²) in [6, 6.07) is 16.3.